The molecule has 0 aliphatic heterocycles. The molecule has 0 saturated heterocycles. The summed E-state index contributed by atoms with van der Waals surface area (Å²) in [4.78, 5) is 0. The lowest BCUT2D eigenvalue weighted by Gasteiger charge is -2.21. The highest BCUT2D eigenvalue weighted by Crippen LogP contribution is 2.32. The Kier molecular flexibility index (Phi) is 5.30. The fourth-order valence-corrected chi connectivity index (χ4v) is 2.50. The van der Waals surface area contributed by atoms with Gasteiger partial charge in [0.1, 0.15) is 5.75 Å². The minimum atomic E-state index is 0.0194. The maximum atomic E-state index is 6.13. The fourth-order valence-electron chi connectivity index (χ4n) is 2.20. The highest BCUT2D eigenvalue weighted by atomic mass is 35.5. The molecule has 0 aliphatic carbocycles. The average Bonchev–Trinajstić information content (AvgIpc) is 2.46. The first-order valence-electron chi connectivity index (χ1n) is 6.48. The number of halogens is 2. The van der Waals surface area contributed by atoms with Gasteiger partial charge in [-0.1, -0.05) is 42.3 Å². The molecule has 0 aromatic heterocycles. The van der Waals surface area contributed by atoms with Crippen molar-refractivity contribution in [1.82, 2.24) is 5.32 Å². The van der Waals surface area contributed by atoms with Gasteiger partial charge in [-0.15, -0.1) is 0 Å². The number of ether oxygens (including phenoxy) is 1. The van der Waals surface area contributed by atoms with Crippen molar-refractivity contribution in [2.75, 3.05) is 13.7 Å². The van der Waals surface area contributed by atoms with E-state index in [0.717, 1.165) is 28.4 Å². The predicted molar refractivity (Wildman–Crippen MR) is 85.0 cm³/mol. The van der Waals surface area contributed by atoms with Crippen molar-refractivity contribution in [2.24, 2.45) is 0 Å². The molecule has 1 atom stereocenters. The minimum Gasteiger partial charge on any atom is -0.496 e. The molecule has 0 aliphatic rings. The summed E-state index contributed by atoms with van der Waals surface area (Å²) >= 11 is 12.1. The highest BCUT2D eigenvalue weighted by molar-refractivity contribution is 6.31. The first-order chi connectivity index (χ1) is 9.65. The average molecular weight is 310 g/mol. The Morgan fingerprint density at radius 1 is 1.05 bits per heavy atom. The van der Waals surface area contributed by atoms with Gasteiger partial charge in [0.25, 0.3) is 0 Å². The van der Waals surface area contributed by atoms with Crippen LogP contribution in [0.2, 0.25) is 10.0 Å². The lowest BCUT2D eigenvalue weighted by atomic mass is 9.97. The summed E-state index contributed by atoms with van der Waals surface area (Å²) in [5.74, 6) is 0.815. The molecule has 1 unspecified atom stereocenters. The van der Waals surface area contributed by atoms with E-state index in [1.165, 1.54) is 0 Å². The van der Waals surface area contributed by atoms with Gasteiger partial charge in [-0.2, -0.15) is 0 Å². The third-order valence-electron chi connectivity index (χ3n) is 3.11. The standard InChI is InChI=1S/C16H17Cl2NO/c1-3-19-16(11-4-6-12(17)7-5-11)14-10-13(18)8-9-15(14)20-2/h4-10,16,19H,3H2,1-2H3. The second-order valence-corrected chi connectivity index (χ2v) is 5.30. The second-order valence-electron chi connectivity index (χ2n) is 4.43. The zero-order valence-electron chi connectivity index (χ0n) is 11.5. The molecule has 0 bridgehead atoms. The summed E-state index contributed by atoms with van der Waals surface area (Å²) in [5, 5.41) is 4.87. The van der Waals surface area contributed by atoms with E-state index >= 15 is 0 Å². The van der Waals surface area contributed by atoms with Gasteiger partial charge in [-0.05, 0) is 42.4 Å². The van der Waals surface area contributed by atoms with Crippen LogP contribution in [-0.4, -0.2) is 13.7 Å². The maximum absolute atomic E-state index is 6.13. The van der Waals surface area contributed by atoms with Crippen LogP contribution in [0.3, 0.4) is 0 Å². The van der Waals surface area contributed by atoms with Crippen molar-refractivity contribution >= 4 is 23.2 Å². The summed E-state index contributed by atoms with van der Waals surface area (Å²) in [5.41, 5.74) is 2.14. The molecule has 20 heavy (non-hydrogen) atoms. The monoisotopic (exact) mass is 309 g/mol. The van der Waals surface area contributed by atoms with Crippen LogP contribution in [0.15, 0.2) is 42.5 Å². The van der Waals surface area contributed by atoms with Crippen molar-refractivity contribution < 1.29 is 4.74 Å². The molecule has 4 heteroatoms. The van der Waals surface area contributed by atoms with E-state index in [2.05, 4.69) is 12.2 Å². The Morgan fingerprint density at radius 2 is 1.70 bits per heavy atom. The zero-order chi connectivity index (χ0) is 14.5. The Bertz CT molecular complexity index is 569. The molecule has 0 fully saturated rings. The highest BCUT2D eigenvalue weighted by Gasteiger charge is 2.17. The maximum Gasteiger partial charge on any atom is 0.124 e. The zero-order valence-corrected chi connectivity index (χ0v) is 13.0. The van der Waals surface area contributed by atoms with E-state index in [0.29, 0.717) is 5.02 Å². The summed E-state index contributed by atoms with van der Waals surface area (Å²) < 4.78 is 5.45. The van der Waals surface area contributed by atoms with E-state index in [1.807, 2.05) is 42.5 Å². The summed E-state index contributed by atoms with van der Waals surface area (Å²) in [6.07, 6.45) is 0. The molecule has 0 amide bonds. The number of benzene rings is 2. The van der Waals surface area contributed by atoms with Crippen LogP contribution in [0, 0.1) is 0 Å². The molecule has 2 nitrogen and oxygen atoms in total. The van der Waals surface area contributed by atoms with Gasteiger partial charge < -0.3 is 10.1 Å². The molecular weight excluding hydrogens is 293 g/mol. The van der Waals surface area contributed by atoms with E-state index in [9.17, 15) is 0 Å². The lowest BCUT2D eigenvalue weighted by Crippen LogP contribution is -2.22. The van der Waals surface area contributed by atoms with Gasteiger partial charge >= 0.3 is 0 Å². The summed E-state index contributed by atoms with van der Waals surface area (Å²) in [7, 11) is 1.66. The predicted octanol–water partition coefficient (Wildman–Crippen LogP) is 4.70. The van der Waals surface area contributed by atoms with Crippen molar-refractivity contribution in [3.8, 4) is 5.75 Å². The van der Waals surface area contributed by atoms with Gasteiger partial charge in [0.2, 0.25) is 0 Å². The number of hydrogen-bond acceptors (Lipinski definition) is 2. The summed E-state index contributed by atoms with van der Waals surface area (Å²) in [6.45, 7) is 2.91. The van der Waals surface area contributed by atoms with Crippen LogP contribution in [0.5, 0.6) is 5.75 Å². The van der Waals surface area contributed by atoms with Crippen LogP contribution >= 0.6 is 23.2 Å². The molecule has 2 aromatic rings. The third kappa shape index (κ3) is 3.45. The van der Waals surface area contributed by atoms with Crippen molar-refractivity contribution in [3.63, 3.8) is 0 Å². The van der Waals surface area contributed by atoms with Crippen molar-refractivity contribution in [3.05, 3.63) is 63.6 Å². The molecular formula is C16H17Cl2NO. The van der Waals surface area contributed by atoms with Gasteiger partial charge in [-0.25, -0.2) is 0 Å². The quantitative estimate of drug-likeness (QED) is 0.864. The fraction of sp³-hybridized carbons (Fsp3) is 0.250. The molecule has 0 spiro atoms. The molecule has 0 saturated carbocycles. The molecule has 0 radical (unpaired) electrons. The largest absolute Gasteiger partial charge is 0.496 e. The topological polar surface area (TPSA) is 21.3 Å². The first kappa shape index (κ1) is 15.2. The Balaban J connectivity index is 2.47. The van der Waals surface area contributed by atoms with Crippen molar-refractivity contribution in [2.45, 2.75) is 13.0 Å². The van der Waals surface area contributed by atoms with Gasteiger partial charge in [0.15, 0.2) is 0 Å². The van der Waals surface area contributed by atoms with Crippen LogP contribution < -0.4 is 10.1 Å². The van der Waals surface area contributed by atoms with E-state index in [-0.39, 0.29) is 6.04 Å². The molecule has 0 heterocycles. The Hall–Kier alpha value is -1.22. The number of methoxy groups -OCH3 is 1. The second kappa shape index (κ2) is 6.98. The van der Waals surface area contributed by atoms with E-state index in [1.54, 1.807) is 7.11 Å². The third-order valence-corrected chi connectivity index (χ3v) is 3.60. The van der Waals surface area contributed by atoms with Gasteiger partial charge in [0.05, 0.1) is 13.2 Å². The number of hydrogen-bond donors (Lipinski definition) is 1. The smallest absolute Gasteiger partial charge is 0.124 e. The first-order valence-corrected chi connectivity index (χ1v) is 7.23. The normalized spacial score (nSPS) is 12.2. The molecule has 1 N–H and O–H groups in total. The summed E-state index contributed by atoms with van der Waals surface area (Å²) in [6, 6.07) is 13.5. The number of nitrogens with one attached hydrogen (secondary N) is 1. The molecule has 2 aromatic carbocycles. The van der Waals surface area contributed by atoms with Crippen LogP contribution in [0.25, 0.3) is 0 Å². The van der Waals surface area contributed by atoms with Gasteiger partial charge in [0, 0.05) is 15.6 Å². The van der Waals surface area contributed by atoms with Crippen LogP contribution in [0.1, 0.15) is 24.1 Å². The minimum absolute atomic E-state index is 0.0194. The van der Waals surface area contributed by atoms with Crippen LogP contribution in [0.4, 0.5) is 0 Å². The molecule has 106 valence electrons. The lowest BCUT2D eigenvalue weighted by molar-refractivity contribution is 0.404. The van der Waals surface area contributed by atoms with Gasteiger partial charge in [-0.3, -0.25) is 0 Å². The Labute approximate surface area is 129 Å². The SMILES string of the molecule is CCNC(c1ccc(Cl)cc1)c1cc(Cl)ccc1OC. The van der Waals surface area contributed by atoms with Crippen molar-refractivity contribution in [1.29, 1.82) is 0 Å². The Morgan fingerprint density at radius 3 is 2.30 bits per heavy atom. The van der Waals surface area contributed by atoms with E-state index in [4.69, 9.17) is 27.9 Å². The van der Waals surface area contributed by atoms with Crippen LogP contribution in [-0.2, 0) is 0 Å². The molecule has 2 rings (SSSR count). The van der Waals surface area contributed by atoms with E-state index < -0.39 is 0 Å². The number of rotatable bonds is 5.